The Morgan fingerprint density at radius 1 is 1.12 bits per heavy atom. The molecule has 1 fully saturated rings. The summed E-state index contributed by atoms with van der Waals surface area (Å²) < 4.78 is 6.65. The number of carbonyl (C=O) groups excluding carboxylic acids is 2. The Labute approximate surface area is 303 Å². The molecule has 18 nitrogen and oxygen atoms in total. The summed E-state index contributed by atoms with van der Waals surface area (Å²) in [5.74, 6) is -3.60. The molecule has 2 aliphatic rings. The van der Waals surface area contributed by atoms with Crippen LogP contribution in [0, 0.1) is 0 Å². The number of β-lactam (4-membered cyclic amide) rings is 1. The molecule has 0 bridgehead atoms. The number of fused-ring (bicyclic) bond motifs is 2. The second-order valence-electron chi connectivity index (χ2n) is 11.1. The minimum absolute atomic E-state index is 0.00511. The van der Waals surface area contributed by atoms with Gasteiger partial charge < -0.3 is 40.7 Å². The summed E-state index contributed by atoms with van der Waals surface area (Å²) in [5, 5.41) is 51.6. The maximum Gasteiger partial charge on any atom is 0.352 e. The molecule has 2 atom stereocenters. The number of thiazole rings is 1. The second kappa shape index (κ2) is 13.9. The molecule has 0 radical (unpaired) electrons. The van der Waals surface area contributed by atoms with Gasteiger partial charge in [-0.1, -0.05) is 5.16 Å². The normalized spacial score (nSPS) is 17.2. The van der Waals surface area contributed by atoms with Crippen LogP contribution in [0.3, 0.4) is 0 Å². The molecule has 2 aliphatic heterocycles. The number of nitrogens with zero attached hydrogens (tertiary/aromatic N) is 6. The van der Waals surface area contributed by atoms with Crippen LogP contribution < -0.4 is 16.5 Å². The third kappa shape index (κ3) is 6.58. The number of rotatable bonds is 11. The van der Waals surface area contributed by atoms with Crippen LogP contribution in [0.25, 0.3) is 16.9 Å². The van der Waals surface area contributed by atoms with Gasteiger partial charge in [-0.05, 0) is 29.8 Å². The number of hydrogen-bond acceptors (Lipinski definition) is 17. The van der Waals surface area contributed by atoms with Crippen LogP contribution in [0.2, 0.25) is 0 Å². The van der Waals surface area contributed by atoms with Crippen LogP contribution >= 0.6 is 34.9 Å². The number of nitrogens with two attached hydrogens (primary N) is 1. The van der Waals surface area contributed by atoms with Gasteiger partial charge in [0.25, 0.3) is 11.8 Å². The largest absolute Gasteiger partial charge is 0.504 e. The number of thioether (sulfide) groups is 2. The number of carboxylic acid groups (broad SMARTS) is 1. The highest BCUT2D eigenvalue weighted by Crippen LogP contribution is 2.42. The number of benzene rings is 1. The minimum atomic E-state index is -1.31. The van der Waals surface area contributed by atoms with E-state index in [9.17, 15) is 39.6 Å². The maximum absolute atomic E-state index is 13.5. The summed E-state index contributed by atoms with van der Waals surface area (Å²) in [4.78, 5) is 66.2. The van der Waals surface area contributed by atoms with Gasteiger partial charge in [0, 0.05) is 34.6 Å². The zero-order chi connectivity index (χ0) is 36.7. The first-order chi connectivity index (χ1) is 25.0. The molecule has 0 unspecified atom stereocenters. The number of aliphatic carboxylic acids is 1. The lowest BCUT2D eigenvalue weighted by Crippen LogP contribution is -2.71. The number of nitrogens with one attached hydrogen (secondary N) is 1. The number of anilines is 1. The molecule has 1 aromatic carbocycles. The molecule has 0 saturated carbocycles. The number of phenolic OH excluding ortho intramolecular Hbond substituents is 2. The van der Waals surface area contributed by atoms with Gasteiger partial charge in [-0.15, -0.1) is 34.9 Å². The first-order valence-corrected chi connectivity index (χ1v) is 17.8. The Hall–Kier alpha value is -6.06. The van der Waals surface area contributed by atoms with Crippen molar-refractivity contribution >= 4 is 69.1 Å². The van der Waals surface area contributed by atoms with E-state index in [1.807, 2.05) is 0 Å². The van der Waals surface area contributed by atoms with Gasteiger partial charge in [-0.2, -0.15) is 5.10 Å². The Morgan fingerprint density at radius 2 is 1.94 bits per heavy atom. The minimum Gasteiger partial charge on any atom is -0.504 e. The second-order valence-corrected chi connectivity index (χ2v) is 14.1. The Bertz CT molecular complexity index is 2390. The number of nitrogen functional groups attached to an aromatic ring is 1. The van der Waals surface area contributed by atoms with E-state index in [1.165, 1.54) is 41.0 Å². The fourth-order valence-electron chi connectivity index (χ4n) is 5.26. The van der Waals surface area contributed by atoms with Crippen molar-refractivity contribution in [3.8, 4) is 28.5 Å². The van der Waals surface area contributed by atoms with Gasteiger partial charge >= 0.3 is 5.97 Å². The average Bonchev–Trinajstić information content (AvgIpc) is 3.79. The van der Waals surface area contributed by atoms with E-state index in [4.69, 9.17) is 15.0 Å². The van der Waals surface area contributed by atoms with Crippen molar-refractivity contribution in [3.63, 3.8) is 0 Å². The number of oxime groups is 1. The summed E-state index contributed by atoms with van der Waals surface area (Å²) in [7, 11) is 0. The molecule has 21 heteroatoms. The van der Waals surface area contributed by atoms with Gasteiger partial charge in [0.15, 0.2) is 40.3 Å². The Morgan fingerprint density at radius 3 is 2.67 bits per heavy atom. The molecule has 0 aliphatic carbocycles. The molecule has 52 heavy (non-hydrogen) atoms. The lowest BCUT2D eigenvalue weighted by atomic mass is 10.0. The van der Waals surface area contributed by atoms with Crippen LogP contribution in [0.5, 0.6) is 17.2 Å². The Balaban J connectivity index is 1.08. The maximum atomic E-state index is 13.5. The quantitative estimate of drug-likeness (QED) is 0.0280. The monoisotopic (exact) mass is 764 g/mol. The van der Waals surface area contributed by atoms with Gasteiger partial charge in [-0.25, -0.2) is 19.3 Å². The summed E-state index contributed by atoms with van der Waals surface area (Å²) in [6.07, 6.45) is 2.39. The van der Waals surface area contributed by atoms with Gasteiger partial charge in [0.1, 0.15) is 39.9 Å². The van der Waals surface area contributed by atoms with Crippen molar-refractivity contribution in [2.75, 3.05) is 17.2 Å². The van der Waals surface area contributed by atoms with Gasteiger partial charge in [0.2, 0.25) is 5.43 Å². The molecule has 2 amide bonds. The Kier molecular flexibility index (Phi) is 9.21. The standard InChI is InChI=1S/C31H24N8O10S3/c32-31-35-17(12-52-31)24(37-49-8-15-6-20(42)21(43)9-48-15)27(44)36-25-28(45)38-26(30(46)47)14(11-51-29(25)38)10-50-23-7-16(34-22-3-4-33-39(22)23)13-1-2-18(40)19(41)5-13/h1-7,9,12,25,29,40-41,43H,8,10-11H2,(H2,32,35)(H,36,44)(H,46,47)/b37-24-/t25-,29-/m1/s1. The molecule has 266 valence electrons. The van der Waals surface area contributed by atoms with E-state index in [0.717, 1.165) is 28.6 Å². The third-order valence-corrected chi connectivity index (χ3v) is 10.8. The predicted octanol–water partition coefficient (Wildman–Crippen LogP) is 1.96. The number of aromatic hydroxyl groups is 3. The number of carbonyl (C=O) groups is 3. The van der Waals surface area contributed by atoms with E-state index in [0.29, 0.717) is 27.5 Å². The van der Waals surface area contributed by atoms with Crippen molar-refractivity contribution in [3.05, 3.63) is 87.2 Å². The molecule has 7 N–H and O–H groups in total. The summed E-state index contributed by atoms with van der Waals surface area (Å²) in [5.41, 5.74) is 6.54. The predicted molar refractivity (Wildman–Crippen MR) is 187 cm³/mol. The molecule has 5 aromatic rings. The van der Waals surface area contributed by atoms with Gasteiger partial charge in [-0.3, -0.25) is 19.3 Å². The molecule has 4 aromatic heterocycles. The van der Waals surface area contributed by atoms with Crippen LogP contribution in [-0.2, 0) is 25.8 Å². The van der Waals surface area contributed by atoms with Crippen LogP contribution in [0.4, 0.5) is 5.13 Å². The van der Waals surface area contributed by atoms with E-state index in [1.54, 1.807) is 28.9 Å². The summed E-state index contributed by atoms with van der Waals surface area (Å²) >= 11 is 3.58. The molecular formula is C31H24N8O10S3. The molecule has 0 spiro atoms. The van der Waals surface area contributed by atoms with Gasteiger partial charge in [0.05, 0.1) is 11.9 Å². The fraction of sp³-hybridized carbons (Fsp3) is 0.161. The van der Waals surface area contributed by atoms with Crippen molar-refractivity contribution in [2.45, 2.75) is 23.0 Å². The highest BCUT2D eigenvalue weighted by molar-refractivity contribution is 8.01. The molecular weight excluding hydrogens is 741 g/mol. The van der Waals surface area contributed by atoms with Crippen LogP contribution in [-0.4, -0.2) is 91.3 Å². The zero-order valence-corrected chi connectivity index (χ0v) is 28.6. The van der Waals surface area contributed by atoms with Crippen molar-refractivity contribution in [2.24, 2.45) is 5.16 Å². The topological polar surface area (TPSA) is 268 Å². The number of aromatic nitrogens is 4. The van der Waals surface area contributed by atoms with E-state index < -0.39 is 40.4 Å². The average molecular weight is 765 g/mol. The summed E-state index contributed by atoms with van der Waals surface area (Å²) in [6, 6.07) is 7.60. The summed E-state index contributed by atoms with van der Waals surface area (Å²) in [6.45, 7) is -0.388. The van der Waals surface area contributed by atoms with Crippen molar-refractivity contribution in [1.82, 2.24) is 29.8 Å². The number of carboxylic acids is 1. The van der Waals surface area contributed by atoms with Crippen LogP contribution in [0.1, 0.15) is 11.5 Å². The smallest absolute Gasteiger partial charge is 0.352 e. The van der Waals surface area contributed by atoms with E-state index >= 15 is 0 Å². The first-order valence-electron chi connectivity index (χ1n) is 14.9. The third-order valence-electron chi connectivity index (χ3n) is 7.74. The number of phenols is 2. The molecule has 1 saturated heterocycles. The lowest BCUT2D eigenvalue weighted by Gasteiger charge is -2.49. The lowest BCUT2D eigenvalue weighted by molar-refractivity contribution is -0.150. The first kappa shape index (κ1) is 34.4. The van der Waals surface area contributed by atoms with E-state index in [-0.39, 0.29) is 57.6 Å². The van der Waals surface area contributed by atoms with Crippen LogP contribution in [0.15, 0.2) is 84.9 Å². The highest BCUT2D eigenvalue weighted by Gasteiger charge is 2.54. The van der Waals surface area contributed by atoms with Crippen molar-refractivity contribution < 1.29 is 44.1 Å². The molecule has 6 heterocycles. The number of hydrogen-bond donors (Lipinski definition) is 6. The van der Waals surface area contributed by atoms with E-state index in [2.05, 4.69) is 25.5 Å². The van der Waals surface area contributed by atoms with Crippen molar-refractivity contribution in [1.29, 1.82) is 0 Å². The fourth-order valence-corrected chi connectivity index (χ4v) is 8.31. The molecule has 7 rings (SSSR count). The number of amides is 2. The highest BCUT2D eigenvalue weighted by atomic mass is 32.2. The SMILES string of the molecule is Nc1nc(/C(=N/OCc2cc(=O)c(O)co2)C(=O)N[C@@H]2C(=O)N3C(C(=O)O)=C(CSc4cc(-c5ccc(O)c(O)c5)nc5ccnn45)CS[C@H]23)cs1. The zero-order valence-electron chi connectivity index (χ0n) is 26.2.